The van der Waals surface area contributed by atoms with Crippen LogP contribution in [-0.2, 0) is 16.0 Å². The van der Waals surface area contributed by atoms with Gasteiger partial charge in [-0.05, 0) is 11.6 Å². The Morgan fingerprint density at radius 3 is 2.69 bits per heavy atom. The molecule has 0 saturated heterocycles. The third-order valence-corrected chi connectivity index (χ3v) is 2.14. The van der Waals surface area contributed by atoms with Crippen LogP contribution in [0.15, 0.2) is 12.1 Å². The Hall–Kier alpha value is -2.22. The largest absolute Gasteiger partial charge is 0.495 e. The third-order valence-electron chi connectivity index (χ3n) is 2.14. The summed E-state index contributed by atoms with van der Waals surface area (Å²) in [5.74, 6) is -0.00521. The second-order valence-corrected chi connectivity index (χ2v) is 3.12. The molecule has 0 spiro atoms. The Balaban J connectivity index is 3.12. The van der Waals surface area contributed by atoms with E-state index < -0.39 is 5.97 Å². The van der Waals surface area contributed by atoms with Crippen molar-refractivity contribution in [2.24, 2.45) is 0 Å². The number of anilines is 1. The Morgan fingerprint density at radius 2 is 2.19 bits per heavy atom. The zero-order valence-electron chi connectivity index (χ0n) is 9.11. The van der Waals surface area contributed by atoms with Crippen molar-refractivity contribution < 1.29 is 14.3 Å². The van der Waals surface area contributed by atoms with Crippen LogP contribution in [-0.4, -0.2) is 20.2 Å². The lowest BCUT2D eigenvalue weighted by Crippen LogP contribution is -2.07. The van der Waals surface area contributed by atoms with Crippen LogP contribution >= 0.6 is 0 Å². The molecule has 0 fully saturated rings. The number of nitrogens with zero attached hydrogens (tertiary/aromatic N) is 1. The highest BCUT2D eigenvalue weighted by molar-refractivity contribution is 5.75. The van der Waals surface area contributed by atoms with Gasteiger partial charge in [0.2, 0.25) is 0 Å². The van der Waals surface area contributed by atoms with Crippen molar-refractivity contribution >= 4 is 11.7 Å². The molecule has 0 heterocycles. The molecule has 0 aromatic heterocycles. The van der Waals surface area contributed by atoms with E-state index in [9.17, 15) is 4.79 Å². The molecule has 0 bridgehead atoms. The fraction of sp³-hybridized carbons (Fsp3) is 0.273. The molecule has 5 heteroatoms. The maximum absolute atomic E-state index is 11.1. The zero-order chi connectivity index (χ0) is 12.1. The first-order valence-corrected chi connectivity index (χ1v) is 4.55. The van der Waals surface area contributed by atoms with Gasteiger partial charge in [-0.15, -0.1) is 0 Å². The topological polar surface area (TPSA) is 85.3 Å². The number of nitrogen functional groups attached to an aromatic ring is 1. The molecule has 16 heavy (non-hydrogen) atoms. The molecule has 1 aromatic carbocycles. The maximum Gasteiger partial charge on any atom is 0.310 e. The van der Waals surface area contributed by atoms with Crippen LogP contribution in [0.5, 0.6) is 5.75 Å². The molecule has 0 unspecified atom stereocenters. The Kier molecular flexibility index (Phi) is 3.72. The van der Waals surface area contributed by atoms with Crippen LogP contribution < -0.4 is 10.5 Å². The van der Waals surface area contributed by atoms with Gasteiger partial charge in [0.05, 0.1) is 26.2 Å². The standard InChI is InChI=1S/C11H12N2O3/c1-15-10-5-9(13)7(3-8(10)6-12)4-11(14)16-2/h3,5H,4,13H2,1-2H3. The molecule has 1 aromatic rings. The van der Waals surface area contributed by atoms with Gasteiger partial charge in [-0.3, -0.25) is 4.79 Å². The maximum atomic E-state index is 11.1. The second-order valence-electron chi connectivity index (χ2n) is 3.12. The minimum atomic E-state index is -0.402. The van der Waals surface area contributed by atoms with E-state index in [1.807, 2.05) is 6.07 Å². The van der Waals surface area contributed by atoms with Crippen LogP contribution in [0.25, 0.3) is 0 Å². The highest BCUT2D eigenvalue weighted by atomic mass is 16.5. The van der Waals surface area contributed by atoms with Crippen LogP contribution in [0.2, 0.25) is 0 Å². The molecule has 84 valence electrons. The molecule has 0 aliphatic rings. The predicted molar refractivity (Wildman–Crippen MR) is 57.8 cm³/mol. The van der Waals surface area contributed by atoms with Gasteiger partial charge in [-0.2, -0.15) is 5.26 Å². The van der Waals surface area contributed by atoms with Crippen molar-refractivity contribution in [1.82, 2.24) is 0 Å². The Morgan fingerprint density at radius 1 is 1.50 bits per heavy atom. The summed E-state index contributed by atoms with van der Waals surface area (Å²) >= 11 is 0. The van der Waals surface area contributed by atoms with Gasteiger partial charge < -0.3 is 15.2 Å². The molecule has 1 rings (SSSR count). The summed E-state index contributed by atoms with van der Waals surface area (Å²) in [5.41, 5.74) is 7.03. The van der Waals surface area contributed by atoms with E-state index in [0.29, 0.717) is 22.6 Å². The molecule has 0 aliphatic heterocycles. The van der Waals surface area contributed by atoms with Crippen molar-refractivity contribution in [2.45, 2.75) is 6.42 Å². The summed E-state index contributed by atoms with van der Waals surface area (Å²) in [6.45, 7) is 0. The van der Waals surface area contributed by atoms with Crippen molar-refractivity contribution in [2.75, 3.05) is 20.0 Å². The van der Waals surface area contributed by atoms with E-state index in [2.05, 4.69) is 4.74 Å². The SMILES string of the molecule is COC(=O)Cc1cc(C#N)c(OC)cc1N. The normalized spacial score (nSPS) is 9.31. The van der Waals surface area contributed by atoms with Crippen molar-refractivity contribution in [3.05, 3.63) is 23.3 Å². The highest BCUT2D eigenvalue weighted by Crippen LogP contribution is 2.25. The van der Waals surface area contributed by atoms with E-state index in [0.717, 1.165) is 0 Å². The number of ether oxygens (including phenoxy) is 2. The van der Waals surface area contributed by atoms with Gasteiger partial charge in [0, 0.05) is 11.8 Å². The van der Waals surface area contributed by atoms with Crippen molar-refractivity contribution in [3.63, 3.8) is 0 Å². The lowest BCUT2D eigenvalue weighted by Gasteiger charge is -2.08. The van der Waals surface area contributed by atoms with E-state index >= 15 is 0 Å². The average Bonchev–Trinajstić information content (AvgIpc) is 2.30. The van der Waals surface area contributed by atoms with Crippen LogP contribution in [0.1, 0.15) is 11.1 Å². The molecular formula is C11H12N2O3. The number of rotatable bonds is 3. The molecule has 2 N–H and O–H groups in total. The summed E-state index contributed by atoms with van der Waals surface area (Å²) in [6.07, 6.45) is 0.0427. The summed E-state index contributed by atoms with van der Waals surface area (Å²) < 4.78 is 9.52. The fourth-order valence-electron chi connectivity index (χ4n) is 1.28. The molecule has 0 saturated carbocycles. The quantitative estimate of drug-likeness (QED) is 0.603. The molecule has 0 atom stereocenters. The smallest absolute Gasteiger partial charge is 0.310 e. The lowest BCUT2D eigenvalue weighted by atomic mass is 10.1. The lowest BCUT2D eigenvalue weighted by molar-refractivity contribution is -0.139. The molecule has 5 nitrogen and oxygen atoms in total. The van der Waals surface area contributed by atoms with Crippen molar-refractivity contribution in [3.8, 4) is 11.8 Å². The Bertz CT molecular complexity index is 449. The number of esters is 1. The number of methoxy groups -OCH3 is 2. The second kappa shape index (κ2) is 5.03. The first-order chi connectivity index (χ1) is 7.62. The van der Waals surface area contributed by atoms with E-state index in [1.165, 1.54) is 26.4 Å². The van der Waals surface area contributed by atoms with Gasteiger partial charge in [-0.25, -0.2) is 0 Å². The molecular weight excluding hydrogens is 208 g/mol. The number of benzene rings is 1. The van der Waals surface area contributed by atoms with Gasteiger partial charge in [0.1, 0.15) is 11.8 Å². The van der Waals surface area contributed by atoms with Crippen LogP contribution in [0.3, 0.4) is 0 Å². The summed E-state index contributed by atoms with van der Waals surface area (Å²) in [4.78, 5) is 11.1. The third kappa shape index (κ3) is 2.42. The van der Waals surface area contributed by atoms with Gasteiger partial charge in [-0.1, -0.05) is 0 Å². The fourth-order valence-corrected chi connectivity index (χ4v) is 1.28. The van der Waals surface area contributed by atoms with E-state index in [1.54, 1.807) is 0 Å². The van der Waals surface area contributed by atoms with Crippen LogP contribution in [0.4, 0.5) is 5.69 Å². The van der Waals surface area contributed by atoms with Crippen LogP contribution in [0, 0.1) is 11.3 Å². The number of carbonyl (C=O) groups excluding carboxylic acids is 1. The summed E-state index contributed by atoms with van der Waals surface area (Å²) in [6, 6.07) is 5.03. The molecule has 0 aliphatic carbocycles. The summed E-state index contributed by atoms with van der Waals surface area (Å²) in [5, 5.41) is 8.87. The van der Waals surface area contributed by atoms with Gasteiger partial charge in [0.25, 0.3) is 0 Å². The zero-order valence-corrected chi connectivity index (χ0v) is 9.11. The first-order valence-electron chi connectivity index (χ1n) is 4.55. The van der Waals surface area contributed by atoms with E-state index in [-0.39, 0.29) is 6.42 Å². The summed E-state index contributed by atoms with van der Waals surface area (Å²) in [7, 11) is 2.75. The van der Waals surface area contributed by atoms with Gasteiger partial charge in [0.15, 0.2) is 0 Å². The molecule has 0 radical (unpaired) electrons. The highest BCUT2D eigenvalue weighted by Gasteiger charge is 2.11. The predicted octanol–water partition coefficient (Wildman–Crippen LogP) is 0.865. The number of hydrogen-bond acceptors (Lipinski definition) is 5. The first kappa shape index (κ1) is 11.9. The monoisotopic (exact) mass is 220 g/mol. The number of nitriles is 1. The minimum absolute atomic E-state index is 0.0427. The number of hydrogen-bond donors (Lipinski definition) is 1. The van der Waals surface area contributed by atoms with Gasteiger partial charge >= 0.3 is 5.97 Å². The number of carbonyl (C=O) groups is 1. The van der Waals surface area contributed by atoms with E-state index in [4.69, 9.17) is 15.7 Å². The average molecular weight is 220 g/mol. The molecule has 0 amide bonds. The number of nitrogens with two attached hydrogens (primary N) is 1. The minimum Gasteiger partial charge on any atom is -0.495 e. The Labute approximate surface area is 93.4 Å². The van der Waals surface area contributed by atoms with Crippen molar-refractivity contribution in [1.29, 1.82) is 5.26 Å².